The van der Waals surface area contributed by atoms with Gasteiger partial charge in [0.2, 0.25) is 0 Å². The predicted molar refractivity (Wildman–Crippen MR) is 114 cm³/mol. The normalized spacial score (nSPS) is 10.7. The minimum Gasteiger partial charge on any atom is -0.490 e. The van der Waals surface area contributed by atoms with Crippen LogP contribution in [0.3, 0.4) is 0 Å². The third-order valence-corrected chi connectivity index (χ3v) is 3.89. The topological polar surface area (TPSA) is 97.4 Å². The molecule has 0 bridgehead atoms. The fraction of sp³-hybridized carbons (Fsp3) is 0.150. The van der Waals surface area contributed by atoms with Crippen LogP contribution in [0.4, 0.5) is 5.69 Å². The van der Waals surface area contributed by atoms with Crippen molar-refractivity contribution in [3.05, 3.63) is 58.6 Å². The van der Waals surface area contributed by atoms with Crippen LogP contribution in [0.25, 0.3) is 6.08 Å². The molecule has 0 saturated heterocycles. The van der Waals surface area contributed by atoms with Crippen LogP contribution in [-0.2, 0) is 4.79 Å². The van der Waals surface area contributed by atoms with Gasteiger partial charge in [0.05, 0.1) is 12.2 Å². The van der Waals surface area contributed by atoms with E-state index in [1.165, 1.54) is 0 Å². The van der Waals surface area contributed by atoms with E-state index in [1.807, 2.05) is 13.0 Å². The fourth-order valence-corrected chi connectivity index (χ4v) is 2.53. The Hall–Kier alpha value is -3.08. The standard InChI is InChI=1S/C20H18ClN3O3S/c1-2-26-18-9-13(8-14(11-22)20(23)28)6-7-17(18)27-12-19(25)24-16-5-3-4-15(21)10-16/h3-10H,2,12H2,1H3,(H2,23,28)(H,24,25)/b14-8+. The SMILES string of the molecule is CCOc1cc(/C=C(\C#N)C(N)=S)ccc1OCC(=O)Nc1cccc(Cl)c1. The largest absolute Gasteiger partial charge is 0.490 e. The van der Waals surface area contributed by atoms with Crippen molar-refractivity contribution in [1.82, 2.24) is 0 Å². The Morgan fingerprint density at radius 2 is 2.07 bits per heavy atom. The summed E-state index contributed by atoms with van der Waals surface area (Å²) in [5.74, 6) is 0.495. The van der Waals surface area contributed by atoms with Crippen LogP contribution in [0, 0.1) is 11.3 Å². The third kappa shape index (κ3) is 6.27. The van der Waals surface area contributed by atoms with Crippen LogP contribution in [0.1, 0.15) is 12.5 Å². The van der Waals surface area contributed by atoms with Gasteiger partial charge in [-0.3, -0.25) is 4.79 Å². The number of nitrogens with two attached hydrogens (primary N) is 1. The molecule has 0 fully saturated rings. The van der Waals surface area contributed by atoms with Crippen LogP contribution >= 0.6 is 23.8 Å². The van der Waals surface area contributed by atoms with E-state index in [2.05, 4.69) is 5.32 Å². The molecule has 0 spiro atoms. The lowest BCUT2D eigenvalue weighted by Crippen LogP contribution is -2.20. The first-order valence-electron chi connectivity index (χ1n) is 8.29. The Labute approximate surface area is 173 Å². The molecule has 0 aliphatic rings. The van der Waals surface area contributed by atoms with Gasteiger partial charge in [-0.15, -0.1) is 0 Å². The van der Waals surface area contributed by atoms with E-state index in [4.69, 9.17) is 44.3 Å². The lowest BCUT2D eigenvalue weighted by Gasteiger charge is -2.13. The van der Waals surface area contributed by atoms with Crippen LogP contribution in [0.2, 0.25) is 5.02 Å². The number of nitriles is 1. The lowest BCUT2D eigenvalue weighted by molar-refractivity contribution is -0.118. The molecule has 2 rings (SSSR count). The van der Waals surface area contributed by atoms with Crippen LogP contribution < -0.4 is 20.5 Å². The van der Waals surface area contributed by atoms with E-state index in [0.717, 1.165) is 0 Å². The van der Waals surface area contributed by atoms with Gasteiger partial charge in [0.1, 0.15) is 11.1 Å². The summed E-state index contributed by atoms with van der Waals surface area (Å²) in [6, 6.07) is 13.8. The maximum Gasteiger partial charge on any atom is 0.262 e. The number of benzene rings is 2. The highest BCUT2D eigenvalue weighted by Gasteiger charge is 2.10. The van der Waals surface area contributed by atoms with Gasteiger partial charge in [0, 0.05) is 10.7 Å². The molecular weight excluding hydrogens is 398 g/mol. The van der Waals surface area contributed by atoms with Crippen molar-refractivity contribution in [2.24, 2.45) is 5.73 Å². The average Bonchev–Trinajstić information content (AvgIpc) is 2.65. The number of thiocarbonyl (C=S) groups is 1. The summed E-state index contributed by atoms with van der Waals surface area (Å²) in [4.78, 5) is 12.1. The molecule has 0 radical (unpaired) electrons. The molecule has 2 aromatic carbocycles. The minimum absolute atomic E-state index is 0.0125. The molecule has 2 aromatic rings. The zero-order valence-corrected chi connectivity index (χ0v) is 16.6. The number of anilines is 1. The quantitative estimate of drug-likeness (QED) is 0.385. The highest BCUT2D eigenvalue weighted by atomic mass is 35.5. The molecule has 28 heavy (non-hydrogen) atoms. The number of ether oxygens (including phenoxy) is 2. The van der Waals surface area contributed by atoms with E-state index in [-0.39, 0.29) is 23.1 Å². The molecule has 0 aliphatic carbocycles. The monoisotopic (exact) mass is 415 g/mol. The van der Waals surface area contributed by atoms with Gasteiger partial charge < -0.3 is 20.5 Å². The van der Waals surface area contributed by atoms with Gasteiger partial charge in [-0.25, -0.2) is 0 Å². The van der Waals surface area contributed by atoms with Crippen molar-refractivity contribution in [1.29, 1.82) is 5.26 Å². The Morgan fingerprint density at radius 1 is 1.29 bits per heavy atom. The number of nitrogens with zero attached hydrogens (tertiary/aromatic N) is 1. The Morgan fingerprint density at radius 3 is 2.71 bits per heavy atom. The van der Waals surface area contributed by atoms with Crippen LogP contribution in [0.5, 0.6) is 11.5 Å². The number of carbonyl (C=O) groups is 1. The van der Waals surface area contributed by atoms with E-state index >= 15 is 0 Å². The minimum atomic E-state index is -0.339. The molecular formula is C20H18ClN3O3S. The number of amides is 1. The molecule has 144 valence electrons. The Balaban J connectivity index is 2.11. The van der Waals surface area contributed by atoms with Crippen LogP contribution in [0.15, 0.2) is 48.0 Å². The summed E-state index contributed by atoms with van der Waals surface area (Å²) in [6.45, 7) is 2.02. The second-order valence-electron chi connectivity index (χ2n) is 5.52. The Kier molecular flexibility index (Phi) is 7.81. The first-order chi connectivity index (χ1) is 13.4. The number of nitrogens with one attached hydrogen (secondary N) is 1. The Bertz CT molecular complexity index is 954. The second-order valence-corrected chi connectivity index (χ2v) is 6.40. The lowest BCUT2D eigenvalue weighted by atomic mass is 10.1. The third-order valence-electron chi connectivity index (χ3n) is 3.43. The molecule has 1 amide bonds. The molecule has 8 heteroatoms. The van der Waals surface area contributed by atoms with E-state index in [9.17, 15) is 4.79 Å². The number of hydrogen-bond donors (Lipinski definition) is 2. The smallest absolute Gasteiger partial charge is 0.262 e. The fourth-order valence-electron chi connectivity index (χ4n) is 2.23. The van der Waals surface area contributed by atoms with Gasteiger partial charge >= 0.3 is 0 Å². The molecule has 0 unspecified atom stereocenters. The molecule has 6 nitrogen and oxygen atoms in total. The first kappa shape index (κ1) is 21.2. The average molecular weight is 416 g/mol. The van der Waals surface area contributed by atoms with E-state index in [0.29, 0.717) is 34.4 Å². The van der Waals surface area contributed by atoms with Gasteiger partial charge in [0.25, 0.3) is 5.91 Å². The number of halogens is 1. The van der Waals surface area contributed by atoms with Crippen molar-refractivity contribution in [2.75, 3.05) is 18.5 Å². The van der Waals surface area contributed by atoms with Crippen LogP contribution in [-0.4, -0.2) is 24.1 Å². The second kappa shape index (κ2) is 10.3. The van der Waals surface area contributed by atoms with Gasteiger partial charge in [0.15, 0.2) is 18.1 Å². The molecule has 0 atom stereocenters. The van der Waals surface area contributed by atoms with Crippen molar-refractivity contribution in [2.45, 2.75) is 6.92 Å². The zero-order chi connectivity index (χ0) is 20.5. The van der Waals surface area contributed by atoms with Crippen molar-refractivity contribution < 1.29 is 14.3 Å². The summed E-state index contributed by atoms with van der Waals surface area (Å²) < 4.78 is 11.2. The number of rotatable bonds is 8. The zero-order valence-electron chi connectivity index (χ0n) is 15.1. The molecule has 0 aliphatic heterocycles. The summed E-state index contributed by atoms with van der Waals surface area (Å²) in [5.41, 5.74) is 6.94. The predicted octanol–water partition coefficient (Wildman–Crippen LogP) is 3.95. The highest BCUT2D eigenvalue weighted by Crippen LogP contribution is 2.29. The van der Waals surface area contributed by atoms with Gasteiger partial charge in [-0.05, 0) is 48.9 Å². The number of carbonyl (C=O) groups excluding carboxylic acids is 1. The van der Waals surface area contributed by atoms with E-state index < -0.39 is 0 Å². The van der Waals surface area contributed by atoms with Gasteiger partial charge in [-0.1, -0.05) is 36.0 Å². The van der Waals surface area contributed by atoms with Crippen molar-refractivity contribution in [3.63, 3.8) is 0 Å². The maximum atomic E-state index is 12.1. The summed E-state index contributed by atoms with van der Waals surface area (Å²) in [7, 11) is 0. The van der Waals surface area contributed by atoms with Gasteiger partial charge in [-0.2, -0.15) is 5.26 Å². The van der Waals surface area contributed by atoms with E-state index in [1.54, 1.807) is 48.5 Å². The highest BCUT2D eigenvalue weighted by molar-refractivity contribution is 7.80. The summed E-state index contributed by atoms with van der Waals surface area (Å²) in [5, 5.41) is 12.3. The first-order valence-corrected chi connectivity index (χ1v) is 9.08. The summed E-state index contributed by atoms with van der Waals surface area (Å²) in [6.07, 6.45) is 1.56. The van der Waals surface area contributed by atoms with Crippen molar-refractivity contribution >= 4 is 46.5 Å². The summed E-state index contributed by atoms with van der Waals surface area (Å²) >= 11 is 10.7. The molecule has 0 heterocycles. The molecule has 3 N–H and O–H groups in total. The maximum absolute atomic E-state index is 12.1. The number of hydrogen-bond acceptors (Lipinski definition) is 5. The molecule has 0 aromatic heterocycles. The molecule has 0 saturated carbocycles. The van der Waals surface area contributed by atoms with Crippen molar-refractivity contribution in [3.8, 4) is 17.6 Å².